The molecule has 86 valence electrons. The van der Waals surface area contributed by atoms with Gasteiger partial charge in [-0.2, -0.15) is 5.10 Å². The molecule has 0 atom stereocenters. The largest absolute Gasteiger partial charge is 0.378 e. The quantitative estimate of drug-likeness (QED) is 0.592. The number of para-hydroxylation sites is 1. The van der Waals surface area contributed by atoms with Gasteiger partial charge in [-0.1, -0.05) is 18.2 Å². The van der Waals surface area contributed by atoms with Gasteiger partial charge >= 0.3 is 0 Å². The van der Waals surface area contributed by atoms with Crippen molar-refractivity contribution in [2.24, 2.45) is 0 Å². The zero-order chi connectivity index (χ0) is 11.4. The second-order valence-corrected chi connectivity index (χ2v) is 4.01. The van der Waals surface area contributed by atoms with Crippen LogP contribution in [0, 0.1) is 6.92 Å². The van der Waals surface area contributed by atoms with Crippen LogP contribution < -0.4 is 0 Å². The molecule has 0 unspecified atom stereocenters. The van der Waals surface area contributed by atoms with Crippen molar-refractivity contribution in [2.75, 3.05) is 19.1 Å². The smallest absolute Gasteiger partial charge is 0.0686 e. The van der Waals surface area contributed by atoms with E-state index in [1.54, 1.807) is 0 Å². The van der Waals surface area contributed by atoms with Crippen LogP contribution in [0.4, 0.5) is 0 Å². The Hall–Kier alpha value is -1.06. The highest BCUT2D eigenvalue weighted by atomic mass is 35.5. The first kappa shape index (κ1) is 11.4. The minimum absolute atomic E-state index is 0.541. The van der Waals surface area contributed by atoms with Gasteiger partial charge in [0.15, 0.2) is 0 Å². The summed E-state index contributed by atoms with van der Waals surface area (Å²) in [4.78, 5) is 0. The summed E-state index contributed by atoms with van der Waals surface area (Å²) in [5, 5.41) is 5.70. The first-order valence-electron chi connectivity index (χ1n) is 5.39. The number of hydrogen-bond acceptors (Lipinski definition) is 2. The summed E-state index contributed by atoms with van der Waals surface area (Å²) in [5.41, 5.74) is 2.22. The summed E-state index contributed by atoms with van der Waals surface area (Å²) in [7, 11) is 0. The van der Waals surface area contributed by atoms with Gasteiger partial charge < -0.3 is 4.74 Å². The molecular formula is C12H15ClN2O. The van der Waals surface area contributed by atoms with Gasteiger partial charge in [0.1, 0.15) is 0 Å². The van der Waals surface area contributed by atoms with Gasteiger partial charge in [-0.05, 0) is 13.0 Å². The van der Waals surface area contributed by atoms with Crippen LogP contribution in [-0.2, 0) is 11.3 Å². The van der Waals surface area contributed by atoms with Gasteiger partial charge in [0, 0.05) is 11.3 Å². The Balaban J connectivity index is 2.12. The Morgan fingerprint density at radius 2 is 2.12 bits per heavy atom. The monoisotopic (exact) mass is 238 g/mol. The van der Waals surface area contributed by atoms with Crippen molar-refractivity contribution < 1.29 is 4.74 Å². The van der Waals surface area contributed by atoms with E-state index in [1.165, 1.54) is 5.39 Å². The number of rotatable bonds is 5. The zero-order valence-corrected chi connectivity index (χ0v) is 10.1. The van der Waals surface area contributed by atoms with E-state index < -0.39 is 0 Å². The summed E-state index contributed by atoms with van der Waals surface area (Å²) in [5.74, 6) is 0.541. The summed E-state index contributed by atoms with van der Waals surface area (Å²) in [6.45, 7) is 4.04. The van der Waals surface area contributed by atoms with E-state index in [1.807, 2.05) is 23.7 Å². The summed E-state index contributed by atoms with van der Waals surface area (Å²) < 4.78 is 7.34. The van der Waals surface area contributed by atoms with Crippen LogP contribution >= 0.6 is 11.6 Å². The highest BCUT2D eigenvalue weighted by Gasteiger charge is 2.05. The van der Waals surface area contributed by atoms with Gasteiger partial charge in [0.25, 0.3) is 0 Å². The lowest BCUT2D eigenvalue weighted by Crippen LogP contribution is -2.08. The molecule has 0 spiro atoms. The second-order valence-electron chi connectivity index (χ2n) is 3.63. The van der Waals surface area contributed by atoms with Gasteiger partial charge in [-0.3, -0.25) is 4.68 Å². The molecule has 2 rings (SSSR count). The highest BCUT2D eigenvalue weighted by Crippen LogP contribution is 2.16. The number of ether oxygens (including phenoxy) is 1. The third-order valence-electron chi connectivity index (χ3n) is 2.51. The van der Waals surface area contributed by atoms with E-state index in [2.05, 4.69) is 17.2 Å². The maximum absolute atomic E-state index is 5.54. The fourth-order valence-electron chi connectivity index (χ4n) is 1.77. The lowest BCUT2D eigenvalue weighted by Gasteiger charge is -2.03. The Morgan fingerprint density at radius 1 is 1.31 bits per heavy atom. The fourth-order valence-corrected chi connectivity index (χ4v) is 1.88. The summed E-state index contributed by atoms with van der Waals surface area (Å²) in [6.07, 6.45) is 0. The molecule has 16 heavy (non-hydrogen) atoms. The molecule has 1 aromatic carbocycles. The number of nitrogens with zero attached hydrogens (tertiary/aromatic N) is 2. The third kappa shape index (κ3) is 2.36. The maximum atomic E-state index is 5.54. The molecule has 3 nitrogen and oxygen atoms in total. The van der Waals surface area contributed by atoms with Gasteiger partial charge in [0.2, 0.25) is 0 Å². The minimum atomic E-state index is 0.541. The third-order valence-corrected chi connectivity index (χ3v) is 2.67. The molecule has 0 saturated carbocycles. The van der Waals surface area contributed by atoms with Crippen molar-refractivity contribution in [3.63, 3.8) is 0 Å². The number of benzene rings is 1. The van der Waals surface area contributed by atoms with Crippen LogP contribution in [0.1, 0.15) is 5.69 Å². The van der Waals surface area contributed by atoms with Crippen LogP contribution in [0.25, 0.3) is 10.9 Å². The fraction of sp³-hybridized carbons (Fsp3) is 0.417. The van der Waals surface area contributed by atoms with Crippen LogP contribution in [-0.4, -0.2) is 28.9 Å². The molecular weight excluding hydrogens is 224 g/mol. The van der Waals surface area contributed by atoms with Crippen molar-refractivity contribution in [3.8, 4) is 0 Å². The van der Waals surface area contributed by atoms with Crippen LogP contribution in [0.5, 0.6) is 0 Å². The van der Waals surface area contributed by atoms with E-state index in [0.29, 0.717) is 19.1 Å². The molecule has 0 amide bonds. The SMILES string of the molecule is Cc1nn(CCOCCCl)c2ccccc12. The molecule has 0 aliphatic rings. The van der Waals surface area contributed by atoms with E-state index >= 15 is 0 Å². The molecule has 0 N–H and O–H groups in total. The molecule has 1 heterocycles. The summed E-state index contributed by atoms with van der Waals surface area (Å²) in [6, 6.07) is 8.23. The predicted molar refractivity (Wildman–Crippen MR) is 66.0 cm³/mol. The molecule has 0 bridgehead atoms. The Labute approximate surface area is 100.0 Å². The second kappa shape index (κ2) is 5.32. The van der Waals surface area contributed by atoms with Crippen molar-refractivity contribution in [1.82, 2.24) is 9.78 Å². The normalized spacial score (nSPS) is 11.1. The first-order valence-corrected chi connectivity index (χ1v) is 5.92. The van der Waals surface area contributed by atoms with E-state index in [-0.39, 0.29) is 0 Å². The van der Waals surface area contributed by atoms with Crippen LogP contribution in [0.3, 0.4) is 0 Å². The molecule has 4 heteroatoms. The van der Waals surface area contributed by atoms with Gasteiger partial charge in [-0.15, -0.1) is 11.6 Å². The van der Waals surface area contributed by atoms with Crippen molar-refractivity contribution in [1.29, 1.82) is 0 Å². The lowest BCUT2D eigenvalue weighted by atomic mass is 10.2. The molecule has 0 aliphatic carbocycles. The van der Waals surface area contributed by atoms with E-state index in [0.717, 1.165) is 17.8 Å². The number of alkyl halides is 1. The molecule has 0 fully saturated rings. The number of halogens is 1. The average molecular weight is 239 g/mol. The summed E-state index contributed by atoms with van der Waals surface area (Å²) >= 11 is 5.54. The Morgan fingerprint density at radius 3 is 2.94 bits per heavy atom. The van der Waals surface area contributed by atoms with Crippen molar-refractivity contribution in [2.45, 2.75) is 13.5 Å². The number of aromatic nitrogens is 2. The van der Waals surface area contributed by atoms with Crippen molar-refractivity contribution >= 4 is 22.5 Å². The molecule has 1 aromatic heterocycles. The van der Waals surface area contributed by atoms with Gasteiger partial charge in [-0.25, -0.2) is 0 Å². The van der Waals surface area contributed by atoms with E-state index in [4.69, 9.17) is 16.3 Å². The van der Waals surface area contributed by atoms with Crippen molar-refractivity contribution in [3.05, 3.63) is 30.0 Å². The molecule has 0 radical (unpaired) electrons. The molecule has 0 saturated heterocycles. The Bertz CT molecular complexity index is 467. The number of hydrogen-bond donors (Lipinski definition) is 0. The van der Waals surface area contributed by atoms with E-state index in [9.17, 15) is 0 Å². The first-order chi connectivity index (χ1) is 7.83. The number of fused-ring (bicyclic) bond motifs is 1. The average Bonchev–Trinajstić information content (AvgIpc) is 2.63. The van der Waals surface area contributed by atoms with Gasteiger partial charge in [0.05, 0.1) is 31.0 Å². The molecule has 0 aliphatic heterocycles. The highest BCUT2D eigenvalue weighted by molar-refractivity contribution is 6.17. The Kier molecular flexibility index (Phi) is 3.80. The zero-order valence-electron chi connectivity index (χ0n) is 9.32. The number of aryl methyl sites for hydroxylation is 1. The topological polar surface area (TPSA) is 27.1 Å². The standard InChI is InChI=1S/C12H15ClN2O/c1-10-11-4-2-3-5-12(11)15(14-10)7-9-16-8-6-13/h2-5H,6-9H2,1H3. The van der Waals surface area contributed by atoms with Crippen LogP contribution in [0.15, 0.2) is 24.3 Å². The van der Waals surface area contributed by atoms with Crippen LogP contribution in [0.2, 0.25) is 0 Å². The molecule has 2 aromatic rings. The maximum Gasteiger partial charge on any atom is 0.0686 e. The lowest BCUT2D eigenvalue weighted by molar-refractivity contribution is 0.139. The minimum Gasteiger partial charge on any atom is -0.378 e. The predicted octanol–water partition coefficient (Wildman–Crippen LogP) is 2.60.